The summed E-state index contributed by atoms with van der Waals surface area (Å²) in [6, 6.07) is 0. The fourth-order valence-corrected chi connectivity index (χ4v) is 1.38. The minimum Gasteiger partial charge on any atom is -0.386 e. The first kappa shape index (κ1) is 10.2. The van der Waals surface area contributed by atoms with Crippen molar-refractivity contribution in [1.82, 2.24) is 16.0 Å². The van der Waals surface area contributed by atoms with Crippen LogP contribution in [0.3, 0.4) is 0 Å². The first-order valence-corrected chi connectivity index (χ1v) is 5.27. The van der Waals surface area contributed by atoms with Gasteiger partial charge in [-0.15, -0.1) is 0 Å². The summed E-state index contributed by atoms with van der Waals surface area (Å²) in [4.78, 5) is 0. The lowest BCUT2D eigenvalue weighted by atomic mass is 10.3. The van der Waals surface area contributed by atoms with Gasteiger partial charge in [-0.25, -0.2) is 0 Å². The molecule has 1 aliphatic rings. The topological polar surface area (TPSA) is 36.1 Å². The van der Waals surface area contributed by atoms with Crippen LogP contribution in [-0.4, -0.2) is 19.6 Å². The Kier molecular flexibility index (Phi) is 4.50. The maximum absolute atomic E-state index is 3.41. The van der Waals surface area contributed by atoms with Crippen LogP contribution in [0.5, 0.6) is 0 Å². The van der Waals surface area contributed by atoms with Crippen LogP contribution in [0.2, 0.25) is 0 Å². The first-order chi connectivity index (χ1) is 6.34. The van der Waals surface area contributed by atoms with Crippen LogP contribution in [0.4, 0.5) is 0 Å². The van der Waals surface area contributed by atoms with E-state index < -0.39 is 0 Å². The van der Waals surface area contributed by atoms with Crippen molar-refractivity contribution in [1.29, 1.82) is 0 Å². The number of nitrogens with one attached hydrogen (secondary N) is 3. The quantitative estimate of drug-likeness (QED) is 0.572. The number of hydrogen-bond acceptors (Lipinski definition) is 3. The summed E-state index contributed by atoms with van der Waals surface area (Å²) in [6.45, 7) is 7.59. The van der Waals surface area contributed by atoms with E-state index in [-0.39, 0.29) is 0 Å². The molecular formula is C10H21N3. The lowest BCUT2D eigenvalue weighted by Crippen LogP contribution is -2.38. The van der Waals surface area contributed by atoms with Crippen LogP contribution in [0.25, 0.3) is 0 Å². The molecule has 3 N–H and O–H groups in total. The zero-order valence-electron chi connectivity index (χ0n) is 8.74. The molecule has 0 aromatic rings. The molecule has 1 rings (SSSR count). The third kappa shape index (κ3) is 3.57. The molecular weight excluding hydrogens is 162 g/mol. The van der Waals surface area contributed by atoms with E-state index in [0.29, 0.717) is 0 Å². The Morgan fingerprint density at radius 3 is 2.69 bits per heavy atom. The normalized spacial score (nSPS) is 16.0. The number of hydrogen-bond donors (Lipinski definition) is 3. The second-order valence-corrected chi connectivity index (χ2v) is 3.49. The lowest BCUT2D eigenvalue weighted by molar-refractivity contribution is 0.553. The monoisotopic (exact) mass is 183 g/mol. The zero-order chi connectivity index (χ0) is 9.52. The van der Waals surface area contributed by atoms with E-state index in [1.54, 1.807) is 0 Å². The van der Waals surface area contributed by atoms with E-state index in [0.717, 1.165) is 19.6 Å². The van der Waals surface area contributed by atoms with Crippen LogP contribution >= 0.6 is 0 Å². The third-order valence-electron chi connectivity index (χ3n) is 2.25. The molecule has 0 spiro atoms. The largest absolute Gasteiger partial charge is 0.386 e. The van der Waals surface area contributed by atoms with E-state index in [2.05, 4.69) is 29.8 Å². The van der Waals surface area contributed by atoms with Crippen molar-refractivity contribution in [3.8, 4) is 0 Å². The molecule has 1 aliphatic heterocycles. The molecule has 0 atom stereocenters. The number of unbranched alkanes of at least 4 members (excludes halogenated alkanes) is 1. The van der Waals surface area contributed by atoms with Gasteiger partial charge in [-0.2, -0.15) is 0 Å². The van der Waals surface area contributed by atoms with Crippen molar-refractivity contribution in [2.45, 2.75) is 33.1 Å². The molecule has 1 saturated heterocycles. The van der Waals surface area contributed by atoms with Gasteiger partial charge in [0.05, 0.1) is 0 Å². The van der Waals surface area contributed by atoms with E-state index >= 15 is 0 Å². The summed E-state index contributed by atoms with van der Waals surface area (Å²) >= 11 is 0. The molecule has 3 nitrogen and oxygen atoms in total. The predicted octanol–water partition coefficient (Wildman–Crippen LogP) is 1.15. The highest BCUT2D eigenvalue weighted by Gasteiger charge is 2.05. The predicted molar refractivity (Wildman–Crippen MR) is 56.2 cm³/mol. The van der Waals surface area contributed by atoms with Gasteiger partial charge in [-0.3, -0.25) is 0 Å². The Bertz CT molecular complexity index is 167. The smallest absolute Gasteiger partial charge is 0.118 e. The Morgan fingerprint density at radius 2 is 2.08 bits per heavy atom. The van der Waals surface area contributed by atoms with Gasteiger partial charge in [-0.1, -0.05) is 13.3 Å². The van der Waals surface area contributed by atoms with Crippen molar-refractivity contribution in [3.05, 3.63) is 11.5 Å². The molecule has 0 amide bonds. The number of rotatable bonds is 4. The van der Waals surface area contributed by atoms with Gasteiger partial charge < -0.3 is 16.0 Å². The second kappa shape index (κ2) is 5.73. The molecule has 0 radical (unpaired) electrons. The van der Waals surface area contributed by atoms with E-state index in [1.807, 2.05) is 0 Å². The van der Waals surface area contributed by atoms with Gasteiger partial charge in [0, 0.05) is 25.3 Å². The summed E-state index contributed by atoms with van der Waals surface area (Å²) in [5.41, 5.74) is 1.24. The van der Waals surface area contributed by atoms with Gasteiger partial charge in [0.15, 0.2) is 0 Å². The highest BCUT2D eigenvalue weighted by atomic mass is 15.1. The molecule has 3 heteroatoms. The van der Waals surface area contributed by atoms with Gasteiger partial charge in [0.2, 0.25) is 0 Å². The van der Waals surface area contributed by atoms with Crippen molar-refractivity contribution in [3.63, 3.8) is 0 Å². The standard InChI is InChI=1S/C10H21N3/c1-3-4-6-11-9(2)10-12-7-5-8-13-10/h11-13H,3-8H2,1-2H3. The van der Waals surface area contributed by atoms with Crippen LogP contribution in [-0.2, 0) is 0 Å². The average molecular weight is 183 g/mol. The molecule has 1 fully saturated rings. The molecule has 0 aliphatic carbocycles. The van der Waals surface area contributed by atoms with Crippen molar-refractivity contribution in [2.24, 2.45) is 0 Å². The summed E-state index contributed by atoms with van der Waals surface area (Å²) < 4.78 is 0. The van der Waals surface area contributed by atoms with Gasteiger partial charge in [0.1, 0.15) is 5.82 Å². The van der Waals surface area contributed by atoms with Gasteiger partial charge >= 0.3 is 0 Å². The Labute approximate surface area is 81.0 Å². The second-order valence-electron chi connectivity index (χ2n) is 3.49. The fraction of sp³-hybridized carbons (Fsp3) is 0.800. The maximum atomic E-state index is 3.41. The summed E-state index contributed by atoms with van der Waals surface area (Å²) in [6.07, 6.45) is 3.70. The number of allylic oxidation sites excluding steroid dienone is 1. The van der Waals surface area contributed by atoms with Crippen LogP contribution in [0, 0.1) is 0 Å². The molecule has 76 valence electrons. The van der Waals surface area contributed by atoms with Crippen molar-refractivity contribution in [2.75, 3.05) is 19.6 Å². The van der Waals surface area contributed by atoms with Crippen LogP contribution in [0.1, 0.15) is 33.1 Å². The minimum absolute atomic E-state index is 1.08. The Balaban J connectivity index is 2.29. The Morgan fingerprint density at radius 1 is 1.38 bits per heavy atom. The highest BCUT2D eigenvalue weighted by molar-refractivity contribution is 5.08. The summed E-state index contributed by atoms with van der Waals surface area (Å²) in [7, 11) is 0. The van der Waals surface area contributed by atoms with Crippen molar-refractivity contribution < 1.29 is 0 Å². The molecule has 1 heterocycles. The third-order valence-corrected chi connectivity index (χ3v) is 2.25. The highest BCUT2D eigenvalue weighted by Crippen LogP contribution is 1.98. The first-order valence-electron chi connectivity index (χ1n) is 5.27. The van der Waals surface area contributed by atoms with E-state index in [9.17, 15) is 0 Å². The average Bonchev–Trinajstić information content (AvgIpc) is 2.19. The van der Waals surface area contributed by atoms with Gasteiger partial charge in [0.25, 0.3) is 0 Å². The maximum Gasteiger partial charge on any atom is 0.118 e. The molecule has 0 bridgehead atoms. The Hall–Kier alpha value is -0.860. The van der Waals surface area contributed by atoms with Crippen LogP contribution < -0.4 is 16.0 Å². The van der Waals surface area contributed by atoms with E-state index in [4.69, 9.17) is 0 Å². The zero-order valence-corrected chi connectivity index (χ0v) is 8.74. The molecule has 0 unspecified atom stereocenters. The molecule has 13 heavy (non-hydrogen) atoms. The molecule has 0 aromatic heterocycles. The fourth-order valence-electron chi connectivity index (χ4n) is 1.38. The summed E-state index contributed by atoms with van der Waals surface area (Å²) in [5, 5.41) is 10.1. The van der Waals surface area contributed by atoms with Gasteiger partial charge in [-0.05, 0) is 19.8 Å². The van der Waals surface area contributed by atoms with Crippen molar-refractivity contribution >= 4 is 0 Å². The van der Waals surface area contributed by atoms with E-state index in [1.165, 1.54) is 30.8 Å². The van der Waals surface area contributed by atoms with Crippen LogP contribution in [0.15, 0.2) is 11.5 Å². The molecule has 0 aromatic carbocycles. The summed E-state index contributed by atoms with van der Waals surface area (Å²) in [5.74, 6) is 1.18. The minimum atomic E-state index is 1.08. The SMILES string of the molecule is CCCCNC(C)=C1NCCCN1. The lowest BCUT2D eigenvalue weighted by Gasteiger charge is -2.22. The molecule has 0 saturated carbocycles.